The maximum absolute atomic E-state index is 11.9. The number of ether oxygens (including phenoxy) is 1. The molecule has 2 rings (SSSR count). The number of fused-ring (bicyclic) bond motifs is 1. The minimum Gasteiger partial charge on any atom is -0.467 e. The molecule has 0 saturated heterocycles. The standard InChI is InChI=1S/C14H16N2O3/c1-3-11(14(18)19-2)15-12-8-9-6-4-5-7-10(9)13(17)16-12/h4-8,11H,3H2,1-2H3,(H2,15,16,17). The van der Waals surface area contributed by atoms with Gasteiger partial charge in [0, 0.05) is 5.39 Å². The Balaban J connectivity index is 2.36. The summed E-state index contributed by atoms with van der Waals surface area (Å²) in [7, 11) is 1.34. The number of carbonyl (C=O) groups excluding carboxylic acids is 1. The maximum Gasteiger partial charge on any atom is 0.328 e. The Morgan fingerprint density at radius 2 is 2.16 bits per heavy atom. The lowest BCUT2D eigenvalue weighted by molar-refractivity contribution is -0.141. The Bertz CT molecular complexity index is 648. The summed E-state index contributed by atoms with van der Waals surface area (Å²) in [5.41, 5.74) is -0.180. The number of hydrogen-bond acceptors (Lipinski definition) is 4. The summed E-state index contributed by atoms with van der Waals surface area (Å²) in [6.07, 6.45) is 0.571. The average Bonchev–Trinajstić information content (AvgIpc) is 2.44. The van der Waals surface area contributed by atoms with E-state index >= 15 is 0 Å². The number of anilines is 1. The average molecular weight is 260 g/mol. The molecule has 100 valence electrons. The summed E-state index contributed by atoms with van der Waals surface area (Å²) in [4.78, 5) is 26.1. The van der Waals surface area contributed by atoms with E-state index in [4.69, 9.17) is 4.74 Å². The minimum atomic E-state index is -0.471. The van der Waals surface area contributed by atoms with E-state index in [2.05, 4.69) is 10.3 Å². The molecule has 0 aliphatic heterocycles. The number of methoxy groups -OCH3 is 1. The van der Waals surface area contributed by atoms with Gasteiger partial charge < -0.3 is 15.0 Å². The van der Waals surface area contributed by atoms with Crippen molar-refractivity contribution in [2.45, 2.75) is 19.4 Å². The summed E-state index contributed by atoms with van der Waals surface area (Å²) in [5, 5.41) is 4.43. The predicted molar refractivity (Wildman–Crippen MR) is 74.3 cm³/mol. The third kappa shape index (κ3) is 2.76. The Morgan fingerprint density at radius 3 is 2.84 bits per heavy atom. The van der Waals surface area contributed by atoms with Crippen LogP contribution in [0.2, 0.25) is 0 Å². The van der Waals surface area contributed by atoms with Crippen LogP contribution in [0.15, 0.2) is 35.1 Å². The van der Waals surface area contributed by atoms with Gasteiger partial charge in [-0.25, -0.2) is 4.79 Å². The molecule has 0 bridgehead atoms. The van der Waals surface area contributed by atoms with Crippen LogP contribution >= 0.6 is 0 Å². The monoisotopic (exact) mass is 260 g/mol. The van der Waals surface area contributed by atoms with Gasteiger partial charge in [-0.3, -0.25) is 4.79 Å². The van der Waals surface area contributed by atoms with Crippen molar-refractivity contribution in [2.24, 2.45) is 0 Å². The van der Waals surface area contributed by atoms with Crippen molar-refractivity contribution in [1.29, 1.82) is 0 Å². The Hall–Kier alpha value is -2.30. The van der Waals surface area contributed by atoms with Gasteiger partial charge in [0.1, 0.15) is 11.9 Å². The molecule has 1 atom stereocenters. The number of hydrogen-bond donors (Lipinski definition) is 2. The van der Waals surface area contributed by atoms with Crippen LogP contribution in [-0.4, -0.2) is 24.1 Å². The number of pyridine rings is 1. The predicted octanol–water partition coefficient (Wildman–Crippen LogP) is 1.89. The van der Waals surface area contributed by atoms with E-state index in [1.54, 1.807) is 6.07 Å². The van der Waals surface area contributed by atoms with Crippen LogP contribution in [0, 0.1) is 0 Å². The number of H-pyrrole nitrogens is 1. The number of rotatable bonds is 4. The van der Waals surface area contributed by atoms with Gasteiger partial charge in [-0.2, -0.15) is 0 Å². The van der Waals surface area contributed by atoms with Crippen molar-refractivity contribution in [3.8, 4) is 0 Å². The highest BCUT2D eigenvalue weighted by atomic mass is 16.5. The van der Waals surface area contributed by atoms with Gasteiger partial charge in [0.2, 0.25) is 0 Å². The maximum atomic E-state index is 11.9. The fourth-order valence-corrected chi connectivity index (χ4v) is 1.95. The molecule has 2 N–H and O–H groups in total. The van der Waals surface area contributed by atoms with Crippen molar-refractivity contribution < 1.29 is 9.53 Å². The molecule has 0 amide bonds. The highest BCUT2D eigenvalue weighted by Crippen LogP contribution is 2.14. The van der Waals surface area contributed by atoms with Crippen LogP contribution in [-0.2, 0) is 9.53 Å². The van der Waals surface area contributed by atoms with E-state index in [0.717, 1.165) is 5.39 Å². The highest BCUT2D eigenvalue weighted by Gasteiger charge is 2.17. The lowest BCUT2D eigenvalue weighted by Crippen LogP contribution is -2.30. The molecule has 0 aliphatic carbocycles. The number of aromatic nitrogens is 1. The second-order valence-electron chi connectivity index (χ2n) is 4.23. The summed E-state index contributed by atoms with van der Waals surface area (Å²) in [5.74, 6) is 0.164. The summed E-state index contributed by atoms with van der Waals surface area (Å²) >= 11 is 0. The van der Waals surface area contributed by atoms with E-state index in [-0.39, 0.29) is 11.5 Å². The first-order valence-corrected chi connectivity index (χ1v) is 6.12. The molecule has 1 unspecified atom stereocenters. The number of aromatic amines is 1. The van der Waals surface area contributed by atoms with E-state index in [0.29, 0.717) is 17.6 Å². The van der Waals surface area contributed by atoms with Crippen LogP contribution in [0.4, 0.5) is 5.82 Å². The van der Waals surface area contributed by atoms with E-state index in [9.17, 15) is 9.59 Å². The van der Waals surface area contributed by atoms with Gasteiger partial charge >= 0.3 is 5.97 Å². The first kappa shape index (κ1) is 13.1. The fourth-order valence-electron chi connectivity index (χ4n) is 1.95. The molecule has 5 nitrogen and oxygen atoms in total. The van der Waals surface area contributed by atoms with Gasteiger partial charge in [-0.05, 0) is 23.9 Å². The van der Waals surface area contributed by atoms with E-state index in [1.807, 2.05) is 31.2 Å². The van der Waals surface area contributed by atoms with Gasteiger partial charge in [0.15, 0.2) is 0 Å². The number of benzene rings is 1. The normalized spacial score (nSPS) is 12.1. The molecule has 1 aromatic carbocycles. The third-order valence-electron chi connectivity index (χ3n) is 2.98. The molecule has 1 heterocycles. The largest absolute Gasteiger partial charge is 0.467 e. The van der Waals surface area contributed by atoms with Crippen molar-refractivity contribution in [3.05, 3.63) is 40.7 Å². The molecule has 1 aromatic heterocycles. The zero-order chi connectivity index (χ0) is 13.8. The third-order valence-corrected chi connectivity index (χ3v) is 2.98. The van der Waals surface area contributed by atoms with Gasteiger partial charge in [-0.15, -0.1) is 0 Å². The fraction of sp³-hybridized carbons (Fsp3) is 0.286. The number of carbonyl (C=O) groups is 1. The Morgan fingerprint density at radius 1 is 1.42 bits per heavy atom. The second kappa shape index (κ2) is 5.56. The second-order valence-corrected chi connectivity index (χ2v) is 4.23. The zero-order valence-corrected chi connectivity index (χ0v) is 10.9. The quantitative estimate of drug-likeness (QED) is 0.823. The van der Waals surface area contributed by atoms with Gasteiger partial charge in [-0.1, -0.05) is 25.1 Å². The minimum absolute atomic E-state index is 0.180. The summed E-state index contributed by atoms with van der Waals surface area (Å²) in [6.45, 7) is 1.87. The smallest absolute Gasteiger partial charge is 0.328 e. The van der Waals surface area contributed by atoms with E-state index < -0.39 is 6.04 Å². The lowest BCUT2D eigenvalue weighted by Gasteiger charge is -2.15. The molecule has 19 heavy (non-hydrogen) atoms. The number of esters is 1. The van der Waals surface area contributed by atoms with Crippen LogP contribution in [0.25, 0.3) is 10.8 Å². The van der Waals surface area contributed by atoms with Gasteiger partial charge in [0.25, 0.3) is 5.56 Å². The van der Waals surface area contributed by atoms with E-state index in [1.165, 1.54) is 7.11 Å². The van der Waals surface area contributed by atoms with Crippen molar-refractivity contribution >= 4 is 22.6 Å². The topological polar surface area (TPSA) is 71.2 Å². The van der Waals surface area contributed by atoms with Crippen LogP contribution < -0.4 is 10.9 Å². The lowest BCUT2D eigenvalue weighted by atomic mass is 10.1. The van der Waals surface area contributed by atoms with Crippen molar-refractivity contribution in [1.82, 2.24) is 4.98 Å². The van der Waals surface area contributed by atoms with Crippen molar-refractivity contribution in [3.63, 3.8) is 0 Å². The Labute approximate surface area is 110 Å². The van der Waals surface area contributed by atoms with Crippen LogP contribution in [0.5, 0.6) is 0 Å². The molecular formula is C14H16N2O3. The van der Waals surface area contributed by atoms with Crippen LogP contribution in [0.3, 0.4) is 0 Å². The molecule has 2 aromatic rings. The Kier molecular flexibility index (Phi) is 3.85. The zero-order valence-electron chi connectivity index (χ0n) is 10.9. The summed E-state index contributed by atoms with van der Waals surface area (Å²) in [6, 6.07) is 8.63. The molecule has 0 aliphatic rings. The summed E-state index contributed by atoms with van der Waals surface area (Å²) < 4.78 is 4.70. The molecule has 0 radical (unpaired) electrons. The first-order chi connectivity index (χ1) is 9.15. The SMILES string of the molecule is CCC(Nc1cc2ccccc2c(=O)[nH]1)C(=O)OC. The molecule has 5 heteroatoms. The molecule has 0 fully saturated rings. The van der Waals surface area contributed by atoms with Gasteiger partial charge in [0.05, 0.1) is 7.11 Å². The van der Waals surface area contributed by atoms with Crippen molar-refractivity contribution in [2.75, 3.05) is 12.4 Å². The number of nitrogens with one attached hydrogen (secondary N) is 2. The molecule has 0 spiro atoms. The van der Waals surface area contributed by atoms with Crippen LogP contribution in [0.1, 0.15) is 13.3 Å². The molecule has 0 saturated carbocycles. The molecular weight excluding hydrogens is 244 g/mol. The first-order valence-electron chi connectivity index (χ1n) is 6.12. The highest BCUT2D eigenvalue weighted by molar-refractivity contribution is 5.85.